The Morgan fingerprint density at radius 1 is 1.52 bits per heavy atom. The van der Waals surface area contributed by atoms with E-state index in [9.17, 15) is 0 Å². The van der Waals surface area contributed by atoms with Crippen LogP contribution in [0.3, 0.4) is 0 Å². The lowest BCUT2D eigenvalue weighted by Crippen LogP contribution is -2.17. The minimum absolute atomic E-state index is 0.552. The lowest BCUT2D eigenvalue weighted by atomic mass is 10.2. The average molecular weight is 283 g/mol. The maximum absolute atomic E-state index is 6.08. The summed E-state index contributed by atoms with van der Waals surface area (Å²) in [6, 6.07) is 5.86. The smallest absolute Gasteiger partial charge is 0.118 e. The van der Waals surface area contributed by atoms with Crippen molar-refractivity contribution < 1.29 is 0 Å². The predicted molar refractivity (Wildman–Crippen MR) is 87.8 cm³/mol. The molecule has 0 radical (unpaired) electrons. The molecule has 0 spiro atoms. The summed E-state index contributed by atoms with van der Waals surface area (Å²) in [5.74, 6) is 1.18. The van der Waals surface area contributed by atoms with Gasteiger partial charge in [-0.05, 0) is 24.1 Å². The Morgan fingerprint density at radius 2 is 2.33 bits per heavy atom. The molecule has 0 amide bonds. The number of pyridine rings is 1. The molecule has 5 heteroatoms. The van der Waals surface area contributed by atoms with Gasteiger partial charge in [-0.15, -0.1) is 0 Å². The van der Waals surface area contributed by atoms with E-state index in [1.165, 1.54) is 0 Å². The summed E-state index contributed by atoms with van der Waals surface area (Å²) in [6.07, 6.45) is 7.04. The van der Waals surface area contributed by atoms with Gasteiger partial charge in [0.2, 0.25) is 0 Å². The molecular formula is C16H21N5. The number of nitrogens with one attached hydrogen (secondary N) is 1. The van der Waals surface area contributed by atoms with E-state index in [1.54, 1.807) is 23.0 Å². The number of fused-ring (bicyclic) bond motifs is 1. The van der Waals surface area contributed by atoms with Crippen LogP contribution in [0.2, 0.25) is 0 Å². The van der Waals surface area contributed by atoms with Crippen molar-refractivity contribution in [1.82, 2.24) is 14.9 Å². The van der Waals surface area contributed by atoms with Gasteiger partial charge in [0.25, 0.3) is 0 Å². The van der Waals surface area contributed by atoms with Crippen molar-refractivity contribution in [3.63, 3.8) is 0 Å². The molecule has 2 rings (SSSR count). The third-order valence-electron chi connectivity index (χ3n) is 2.94. The molecule has 0 aliphatic heterocycles. The van der Waals surface area contributed by atoms with Crippen LogP contribution in [-0.4, -0.2) is 22.4 Å². The maximum atomic E-state index is 6.08. The number of allylic oxidation sites excluding steroid dienone is 1. The third-order valence-corrected chi connectivity index (χ3v) is 2.94. The fourth-order valence-corrected chi connectivity index (χ4v) is 1.82. The highest BCUT2D eigenvalue weighted by atomic mass is 15.2. The summed E-state index contributed by atoms with van der Waals surface area (Å²) in [4.78, 5) is 4.21. The molecule has 0 aliphatic rings. The first-order valence-corrected chi connectivity index (χ1v) is 6.93. The molecular weight excluding hydrogens is 262 g/mol. The predicted octanol–water partition coefficient (Wildman–Crippen LogP) is 2.42. The molecule has 0 saturated carbocycles. The zero-order chi connectivity index (χ0) is 15.2. The second kappa shape index (κ2) is 6.74. The van der Waals surface area contributed by atoms with Crippen LogP contribution in [0.5, 0.6) is 0 Å². The van der Waals surface area contributed by atoms with E-state index in [0.717, 1.165) is 17.6 Å². The van der Waals surface area contributed by atoms with Gasteiger partial charge in [-0.3, -0.25) is 0 Å². The first kappa shape index (κ1) is 14.8. The molecule has 0 aromatic carbocycles. The van der Waals surface area contributed by atoms with E-state index in [4.69, 9.17) is 5.73 Å². The van der Waals surface area contributed by atoms with Crippen LogP contribution in [0.4, 0.5) is 0 Å². The SMILES string of the molecule is C=C(N=C/C=C(\N)c1cnn2ccccc12)NCC(C)C. The van der Waals surface area contributed by atoms with Crippen LogP contribution in [0, 0.1) is 5.92 Å². The van der Waals surface area contributed by atoms with Crippen LogP contribution >= 0.6 is 0 Å². The summed E-state index contributed by atoms with van der Waals surface area (Å²) >= 11 is 0. The van der Waals surface area contributed by atoms with Crippen molar-refractivity contribution in [2.45, 2.75) is 13.8 Å². The molecule has 0 fully saturated rings. The van der Waals surface area contributed by atoms with Gasteiger partial charge < -0.3 is 11.1 Å². The second-order valence-electron chi connectivity index (χ2n) is 5.21. The van der Waals surface area contributed by atoms with Crippen LogP contribution in [0.15, 0.2) is 54.1 Å². The van der Waals surface area contributed by atoms with Gasteiger partial charge in [0, 0.05) is 30.2 Å². The summed E-state index contributed by atoms with van der Waals surface area (Å²) in [5.41, 5.74) is 8.56. The highest BCUT2D eigenvalue weighted by Crippen LogP contribution is 2.15. The quantitative estimate of drug-likeness (QED) is 0.800. The average Bonchev–Trinajstić information content (AvgIpc) is 2.89. The van der Waals surface area contributed by atoms with Gasteiger partial charge in [-0.1, -0.05) is 26.5 Å². The molecule has 0 aliphatic carbocycles. The Labute approximate surface area is 124 Å². The van der Waals surface area contributed by atoms with Gasteiger partial charge in [-0.2, -0.15) is 5.10 Å². The Hall–Kier alpha value is -2.56. The van der Waals surface area contributed by atoms with Crippen molar-refractivity contribution in [3.05, 3.63) is 54.6 Å². The molecule has 3 N–H and O–H groups in total. The van der Waals surface area contributed by atoms with E-state index in [1.807, 2.05) is 24.4 Å². The van der Waals surface area contributed by atoms with Gasteiger partial charge in [0.05, 0.1) is 11.7 Å². The van der Waals surface area contributed by atoms with Crippen molar-refractivity contribution >= 4 is 17.4 Å². The van der Waals surface area contributed by atoms with E-state index in [-0.39, 0.29) is 0 Å². The number of aromatic nitrogens is 2. The fraction of sp³-hybridized carbons (Fsp3) is 0.250. The molecule has 2 aromatic heterocycles. The van der Waals surface area contributed by atoms with Gasteiger partial charge in [0.15, 0.2) is 0 Å². The molecule has 5 nitrogen and oxygen atoms in total. The summed E-state index contributed by atoms with van der Waals surface area (Å²) in [7, 11) is 0. The molecule has 2 heterocycles. The highest BCUT2D eigenvalue weighted by molar-refractivity contribution is 5.87. The van der Waals surface area contributed by atoms with Crippen molar-refractivity contribution in [1.29, 1.82) is 0 Å². The first-order valence-electron chi connectivity index (χ1n) is 6.93. The van der Waals surface area contributed by atoms with Gasteiger partial charge in [0.1, 0.15) is 5.82 Å². The topological polar surface area (TPSA) is 67.7 Å². The van der Waals surface area contributed by atoms with E-state index < -0.39 is 0 Å². The standard InChI is InChI=1S/C16H21N5/c1-12(2)10-19-13(3)18-8-7-15(17)14-11-20-21-9-5-4-6-16(14)21/h4-9,11-12,19H,3,10,17H2,1-2H3/b15-7-,18-8?. The minimum Gasteiger partial charge on any atom is -0.398 e. The normalized spacial score (nSPS) is 12.4. The molecule has 0 atom stereocenters. The van der Waals surface area contributed by atoms with Gasteiger partial charge in [-0.25, -0.2) is 9.51 Å². The van der Waals surface area contributed by atoms with Crippen LogP contribution in [0.1, 0.15) is 19.4 Å². The molecule has 21 heavy (non-hydrogen) atoms. The highest BCUT2D eigenvalue weighted by Gasteiger charge is 2.04. The maximum Gasteiger partial charge on any atom is 0.118 e. The number of nitrogens with two attached hydrogens (primary N) is 1. The zero-order valence-corrected chi connectivity index (χ0v) is 12.5. The number of hydrogen-bond acceptors (Lipinski definition) is 4. The molecule has 0 saturated heterocycles. The number of aliphatic imine (C=N–C) groups is 1. The fourth-order valence-electron chi connectivity index (χ4n) is 1.82. The Morgan fingerprint density at radius 3 is 3.10 bits per heavy atom. The zero-order valence-electron chi connectivity index (χ0n) is 12.5. The van der Waals surface area contributed by atoms with Crippen molar-refractivity contribution in [2.24, 2.45) is 16.6 Å². The lowest BCUT2D eigenvalue weighted by molar-refractivity contribution is 0.595. The monoisotopic (exact) mass is 283 g/mol. The van der Waals surface area contributed by atoms with E-state index >= 15 is 0 Å². The molecule has 0 bridgehead atoms. The van der Waals surface area contributed by atoms with Crippen LogP contribution in [0.25, 0.3) is 11.2 Å². The number of nitrogens with zero attached hydrogens (tertiary/aromatic N) is 3. The van der Waals surface area contributed by atoms with Gasteiger partial charge >= 0.3 is 0 Å². The summed E-state index contributed by atoms with van der Waals surface area (Å²) < 4.78 is 1.79. The van der Waals surface area contributed by atoms with E-state index in [0.29, 0.717) is 17.4 Å². The van der Waals surface area contributed by atoms with Crippen molar-refractivity contribution in [3.8, 4) is 0 Å². The molecule has 0 unspecified atom stereocenters. The second-order valence-corrected chi connectivity index (χ2v) is 5.21. The minimum atomic E-state index is 0.552. The Bertz CT molecular complexity index is 679. The summed E-state index contributed by atoms with van der Waals surface area (Å²) in [5, 5.41) is 7.39. The molecule has 110 valence electrons. The number of hydrogen-bond donors (Lipinski definition) is 2. The lowest BCUT2D eigenvalue weighted by Gasteiger charge is -2.06. The van der Waals surface area contributed by atoms with Crippen molar-refractivity contribution in [2.75, 3.05) is 6.54 Å². The van der Waals surface area contributed by atoms with Crippen LogP contribution < -0.4 is 11.1 Å². The van der Waals surface area contributed by atoms with E-state index in [2.05, 4.69) is 35.8 Å². The molecule has 2 aromatic rings. The number of rotatable bonds is 6. The third kappa shape index (κ3) is 3.95. The Kier molecular flexibility index (Phi) is 4.77. The first-order chi connectivity index (χ1) is 10.1. The summed E-state index contributed by atoms with van der Waals surface area (Å²) in [6.45, 7) is 8.96. The van der Waals surface area contributed by atoms with Crippen LogP contribution in [-0.2, 0) is 0 Å². The Balaban J connectivity index is 2.06. The largest absolute Gasteiger partial charge is 0.398 e.